The lowest BCUT2D eigenvalue weighted by atomic mass is 9.97. The lowest BCUT2D eigenvalue weighted by molar-refractivity contribution is -0.328. The molecule has 7 rings (SSSR count). The summed E-state index contributed by atoms with van der Waals surface area (Å²) in [7, 11) is -3.86. The molecule has 6 aromatic rings. The molecule has 0 bridgehead atoms. The van der Waals surface area contributed by atoms with E-state index in [2.05, 4.69) is 10.0 Å². The smallest absolute Gasteiger partial charge is 0.268 e. The van der Waals surface area contributed by atoms with Crippen LogP contribution in [0.3, 0.4) is 0 Å². The maximum absolute atomic E-state index is 13.9. The topological polar surface area (TPSA) is 143 Å². The van der Waals surface area contributed by atoms with Gasteiger partial charge in [-0.2, -0.15) is 0 Å². The van der Waals surface area contributed by atoms with Gasteiger partial charge in [0.15, 0.2) is 6.29 Å². The highest BCUT2D eigenvalue weighted by atomic mass is 32.2. The van der Waals surface area contributed by atoms with Gasteiger partial charge in [0.25, 0.3) is 10.0 Å². The molecule has 5 aromatic carbocycles. The van der Waals surface area contributed by atoms with Crippen molar-refractivity contribution in [2.75, 3.05) is 26.4 Å². The molecule has 0 N–H and O–H groups in total. The van der Waals surface area contributed by atoms with E-state index in [1.165, 1.54) is 3.97 Å². The van der Waals surface area contributed by atoms with Crippen molar-refractivity contribution >= 4 is 20.9 Å². The molecule has 0 spiro atoms. The minimum absolute atomic E-state index is 0.194. The molecular weight excluding hydrogens is 805 g/mol. The monoisotopic (exact) mass is 858 g/mol. The van der Waals surface area contributed by atoms with E-state index in [1.54, 1.807) is 36.5 Å². The van der Waals surface area contributed by atoms with Crippen LogP contribution in [0.15, 0.2) is 162 Å². The first-order valence-corrected chi connectivity index (χ1v) is 22.7. The van der Waals surface area contributed by atoms with Crippen LogP contribution >= 0.6 is 0 Å². The zero-order valence-corrected chi connectivity index (χ0v) is 35.6. The van der Waals surface area contributed by atoms with E-state index in [1.807, 2.05) is 115 Å². The van der Waals surface area contributed by atoms with E-state index in [0.717, 1.165) is 53.3 Å². The van der Waals surface area contributed by atoms with Gasteiger partial charge in [0, 0.05) is 29.6 Å². The van der Waals surface area contributed by atoms with Crippen molar-refractivity contribution in [2.45, 2.75) is 87.5 Å². The van der Waals surface area contributed by atoms with E-state index >= 15 is 0 Å². The molecule has 1 aromatic heterocycles. The minimum atomic E-state index is -3.86. The standard InChI is InChI=1S/C49H54N4O8S/c50-52-51-30-17-1-2-18-31-56-37-45-46(58-34-38-19-7-3-8-20-38)47(59-35-39-21-9-4-10-22-39)48(60-36-40-23-11-5-12-24-40)49(61-45)57-32-29-41-33-53(44-28-16-15-27-43(41)44)62(54,55)42-25-13-6-14-26-42/h3-16,19-28,33,45-49H,1-2,17-18,29-32,34-37H2/t45-,46-,47+,48-,49-/m1/s1. The highest BCUT2D eigenvalue weighted by molar-refractivity contribution is 7.90. The Bertz CT molecular complexity index is 2400. The summed E-state index contributed by atoms with van der Waals surface area (Å²) < 4.78 is 69.4. The number of aromatic nitrogens is 1. The van der Waals surface area contributed by atoms with Crippen molar-refractivity contribution in [3.8, 4) is 0 Å². The number of ether oxygens (including phenoxy) is 6. The van der Waals surface area contributed by atoms with Crippen LogP contribution < -0.4 is 0 Å². The largest absolute Gasteiger partial charge is 0.379 e. The Balaban J connectivity index is 1.15. The molecule has 324 valence electrons. The number of hydrogen-bond donors (Lipinski definition) is 0. The fraction of sp³-hybridized carbons (Fsp3) is 0.347. The Morgan fingerprint density at radius 1 is 0.613 bits per heavy atom. The summed E-state index contributed by atoms with van der Waals surface area (Å²) in [6, 6.07) is 45.8. The van der Waals surface area contributed by atoms with Crippen LogP contribution in [-0.4, -0.2) is 69.5 Å². The maximum Gasteiger partial charge on any atom is 0.268 e. The van der Waals surface area contributed by atoms with Gasteiger partial charge in [0.1, 0.15) is 24.4 Å². The number of unbranched alkanes of at least 4 members (excludes halogenated alkanes) is 3. The second-order valence-electron chi connectivity index (χ2n) is 15.2. The molecule has 62 heavy (non-hydrogen) atoms. The van der Waals surface area contributed by atoms with Gasteiger partial charge in [-0.05, 0) is 65.2 Å². The summed E-state index contributed by atoms with van der Waals surface area (Å²) in [6.45, 7) is 2.30. The van der Waals surface area contributed by atoms with E-state index in [-0.39, 0.29) is 24.7 Å². The van der Waals surface area contributed by atoms with Gasteiger partial charge in [-0.25, -0.2) is 12.4 Å². The molecule has 0 saturated carbocycles. The highest BCUT2D eigenvalue weighted by Crippen LogP contribution is 2.33. The van der Waals surface area contributed by atoms with Crippen LogP contribution in [0.1, 0.15) is 47.9 Å². The van der Waals surface area contributed by atoms with Gasteiger partial charge in [-0.1, -0.05) is 145 Å². The quantitative estimate of drug-likeness (QED) is 0.0253. The Kier molecular flexibility index (Phi) is 16.7. The number of azide groups is 1. The molecule has 1 aliphatic rings. The Morgan fingerprint density at radius 2 is 1.16 bits per heavy atom. The molecule has 5 atom stereocenters. The lowest BCUT2D eigenvalue weighted by Crippen LogP contribution is -2.61. The van der Waals surface area contributed by atoms with Crippen LogP contribution in [-0.2, 0) is 64.7 Å². The predicted molar refractivity (Wildman–Crippen MR) is 238 cm³/mol. The van der Waals surface area contributed by atoms with Crippen molar-refractivity contribution < 1.29 is 36.8 Å². The molecule has 13 heteroatoms. The van der Waals surface area contributed by atoms with Crippen LogP contribution in [0.2, 0.25) is 0 Å². The molecule has 0 amide bonds. The highest BCUT2D eigenvalue weighted by Gasteiger charge is 2.49. The van der Waals surface area contributed by atoms with Crippen LogP contribution in [0.4, 0.5) is 0 Å². The summed E-state index contributed by atoms with van der Waals surface area (Å²) >= 11 is 0. The summed E-state index contributed by atoms with van der Waals surface area (Å²) in [5.74, 6) is 0. The zero-order chi connectivity index (χ0) is 42.8. The SMILES string of the molecule is [N-]=[N+]=NCCCCCCOC[C@H]1O[C@@H](OCCc2cn(S(=O)(=O)c3ccccc3)c3ccccc23)[C@H](OCc2ccccc2)[C@@H](OCc2ccccc2)[C@@H]1OCc1ccccc1. The summed E-state index contributed by atoms with van der Waals surface area (Å²) in [6.07, 6.45) is 2.16. The van der Waals surface area contributed by atoms with Crippen LogP contribution in [0, 0.1) is 0 Å². The van der Waals surface area contributed by atoms with E-state index in [4.69, 9.17) is 34.0 Å². The predicted octanol–water partition coefficient (Wildman–Crippen LogP) is 9.81. The Labute approximate surface area is 364 Å². The number of para-hydroxylation sites is 1. The molecule has 12 nitrogen and oxygen atoms in total. The first kappa shape index (κ1) is 44.7. The first-order valence-electron chi connectivity index (χ1n) is 21.2. The third kappa shape index (κ3) is 12.2. The summed E-state index contributed by atoms with van der Waals surface area (Å²) in [4.78, 5) is 3.05. The zero-order valence-electron chi connectivity index (χ0n) is 34.8. The second-order valence-corrected chi connectivity index (χ2v) is 17.0. The molecule has 1 aliphatic heterocycles. The van der Waals surface area contributed by atoms with Crippen molar-refractivity contribution in [3.05, 3.63) is 184 Å². The number of fused-ring (bicyclic) bond motifs is 1. The van der Waals surface area contributed by atoms with Gasteiger partial charge < -0.3 is 28.4 Å². The van der Waals surface area contributed by atoms with Crippen molar-refractivity contribution in [1.29, 1.82) is 0 Å². The average molecular weight is 859 g/mol. The molecule has 0 radical (unpaired) electrons. The van der Waals surface area contributed by atoms with Crippen LogP contribution in [0.5, 0.6) is 0 Å². The third-order valence-corrected chi connectivity index (χ3v) is 12.5. The lowest BCUT2D eigenvalue weighted by Gasteiger charge is -2.46. The van der Waals surface area contributed by atoms with E-state index in [9.17, 15) is 8.42 Å². The van der Waals surface area contributed by atoms with Gasteiger partial charge >= 0.3 is 0 Å². The molecule has 2 heterocycles. The second kappa shape index (κ2) is 23.2. The van der Waals surface area contributed by atoms with Crippen molar-refractivity contribution in [1.82, 2.24) is 3.97 Å². The number of hydrogen-bond acceptors (Lipinski definition) is 9. The molecule has 0 aliphatic carbocycles. The van der Waals surface area contributed by atoms with Crippen molar-refractivity contribution in [3.63, 3.8) is 0 Å². The van der Waals surface area contributed by atoms with Crippen molar-refractivity contribution in [2.24, 2.45) is 5.11 Å². The van der Waals surface area contributed by atoms with Gasteiger partial charge in [0.2, 0.25) is 0 Å². The average Bonchev–Trinajstić information content (AvgIpc) is 3.70. The Morgan fingerprint density at radius 3 is 1.79 bits per heavy atom. The third-order valence-electron chi connectivity index (χ3n) is 10.8. The Hall–Kier alpha value is -5.34. The molecular formula is C49H54N4O8S. The van der Waals surface area contributed by atoms with Gasteiger partial charge in [-0.3, -0.25) is 0 Å². The molecule has 1 fully saturated rings. The van der Waals surface area contributed by atoms with E-state index in [0.29, 0.717) is 38.3 Å². The normalized spacial score (nSPS) is 19.0. The van der Waals surface area contributed by atoms with E-state index < -0.39 is 40.7 Å². The fourth-order valence-corrected chi connectivity index (χ4v) is 9.02. The maximum atomic E-state index is 13.9. The number of rotatable bonds is 24. The number of benzene rings is 5. The molecule has 1 saturated heterocycles. The first-order chi connectivity index (χ1) is 30.5. The van der Waals surface area contributed by atoms with Gasteiger partial charge in [-0.15, -0.1) is 0 Å². The number of nitrogens with zero attached hydrogens (tertiary/aromatic N) is 4. The van der Waals surface area contributed by atoms with Crippen LogP contribution in [0.25, 0.3) is 21.3 Å². The fourth-order valence-electron chi connectivity index (χ4n) is 7.61. The molecule has 0 unspecified atom stereocenters. The summed E-state index contributed by atoms with van der Waals surface area (Å²) in [5.41, 5.74) is 13.0. The summed E-state index contributed by atoms with van der Waals surface area (Å²) in [5, 5.41) is 4.45. The van der Waals surface area contributed by atoms with Gasteiger partial charge in [0.05, 0.1) is 43.4 Å². The minimum Gasteiger partial charge on any atom is -0.379 e.